The van der Waals surface area contributed by atoms with Crippen molar-refractivity contribution in [2.75, 3.05) is 19.6 Å². The molecule has 0 aliphatic carbocycles. The van der Waals surface area contributed by atoms with E-state index in [4.69, 9.17) is 0 Å². The van der Waals surface area contributed by atoms with Crippen molar-refractivity contribution in [3.8, 4) is 33.6 Å². The van der Waals surface area contributed by atoms with Crippen LogP contribution in [0, 0.1) is 0 Å². The lowest BCUT2D eigenvalue weighted by molar-refractivity contribution is 1.18. The van der Waals surface area contributed by atoms with Gasteiger partial charge in [0.1, 0.15) is 0 Å². The lowest BCUT2D eigenvalue weighted by atomic mass is 10.0. The van der Waals surface area contributed by atoms with Crippen LogP contribution in [-0.2, 0) is 0 Å². The Balaban J connectivity index is 0.000000157. The Morgan fingerprint density at radius 1 is 0.145 bits per heavy atom. The number of rotatable bonds is 16. The van der Waals surface area contributed by atoms with E-state index in [1.165, 1.54) is 76.3 Å². The van der Waals surface area contributed by atoms with Gasteiger partial charge < -0.3 is 28.7 Å². The van der Waals surface area contributed by atoms with Gasteiger partial charge in [-0.05, 0) is 215 Å². The summed E-state index contributed by atoms with van der Waals surface area (Å²) in [6, 6.07) is 161. The number of para-hydroxylation sites is 8. The number of benzene rings is 18. The molecule has 520 valence electrons. The zero-order valence-electron chi connectivity index (χ0n) is 60.4. The van der Waals surface area contributed by atoms with Crippen LogP contribution in [0.15, 0.2) is 449 Å². The molecule has 0 atom stereocenters. The Morgan fingerprint density at radius 3 is 0.718 bits per heavy atom. The van der Waals surface area contributed by atoms with Crippen LogP contribution in [0.1, 0.15) is 0 Å². The van der Waals surface area contributed by atoms with Gasteiger partial charge in [-0.2, -0.15) is 0 Å². The normalized spacial score (nSPS) is 11.3. The second kappa shape index (κ2) is 29.3. The van der Waals surface area contributed by atoms with Crippen molar-refractivity contribution in [1.29, 1.82) is 0 Å². The van der Waals surface area contributed by atoms with Crippen LogP contribution in [0.25, 0.3) is 98.8 Å². The van der Waals surface area contributed by atoms with Gasteiger partial charge in [0.05, 0.1) is 33.4 Å². The van der Waals surface area contributed by atoms with Gasteiger partial charge in [-0.1, -0.05) is 267 Å². The molecule has 2 aromatic heterocycles. The summed E-state index contributed by atoms with van der Waals surface area (Å²) in [7, 11) is 0. The molecule has 20 rings (SSSR count). The van der Waals surface area contributed by atoms with Crippen molar-refractivity contribution in [2.24, 2.45) is 0 Å². The van der Waals surface area contributed by atoms with Crippen molar-refractivity contribution in [2.45, 2.75) is 0 Å². The molecule has 0 saturated carbocycles. The van der Waals surface area contributed by atoms with E-state index >= 15 is 0 Å². The summed E-state index contributed by atoms with van der Waals surface area (Å²) in [6.45, 7) is 0. The van der Waals surface area contributed by atoms with Crippen molar-refractivity contribution < 1.29 is 0 Å². The van der Waals surface area contributed by atoms with Crippen LogP contribution >= 0.6 is 0 Å². The van der Waals surface area contributed by atoms with E-state index in [0.29, 0.717) is 0 Å². The molecule has 0 spiro atoms. The van der Waals surface area contributed by atoms with Crippen LogP contribution in [0.2, 0.25) is 0 Å². The van der Waals surface area contributed by atoms with Crippen molar-refractivity contribution >= 4 is 133 Å². The predicted molar refractivity (Wildman–Crippen MR) is 466 cm³/mol. The number of hydrogen-bond donors (Lipinski definition) is 0. The maximum Gasteiger partial charge on any atom is 0.0542 e. The van der Waals surface area contributed by atoms with Gasteiger partial charge in [0.15, 0.2) is 0 Å². The summed E-state index contributed by atoms with van der Waals surface area (Å²) in [6.07, 6.45) is 0. The number of fused-ring (bicyclic) bond motifs is 8. The average Bonchev–Trinajstić information content (AvgIpc) is 1.61. The Kier molecular flexibility index (Phi) is 17.6. The lowest BCUT2D eigenvalue weighted by Gasteiger charge is -2.27. The van der Waals surface area contributed by atoms with Crippen LogP contribution in [0.5, 0.6) is 0 Å². The van der Waals surface area contributed by atoms with E-state index < -0.39 is 0 Å². The minimum atomic E-state index is 1.09. The molecule has 0 aliphatic heterocycles. The highest BCUT2D eigenvalue weighted by Crippen LogP contribution is 2.46. The highest BCUT2D eigenvalue weighted by molar-refractivity contribution is 6.12. The van der Waals surface area contributed by atoms with Gasteiger partial charge in [-0.3, -0.25) is 0 Å². The Labute approximate surface area is 640 Å². The fourth-order valence-corrected chi connectivity index (χ4v) is 16.0. The van der Waals surface area contributed by atoms with Crippen molar-refractivity contribution in [3.05, 3.63) is 449 Å². The number of nitrogens with zero attached hydrogens (tertiary/aromatic N) is 6. The SMILES string of the molecule is c1ccc(N(c2ccc(-c3ccc(N(c4ccccc4)c4ccc5c(c4)c4ccccc4n5-c4ccccc4)cc3)cc2)c2ccc3c(c2)c2ccccc2n3-c2ccccc2)cc1.c1ccc(N(c2ccc(-c3ccc(N(c4ccccc4)c4cccc5ccccc45)cc3)cc2)c2cccc3ccccc23)cc1. The smallest absolute Gasteiger partial charge is 0.0542 e. The molecule has 110 heavy (non-hydrogen) atoms. The summed E-state index contributed by atoms with van der Waals surface area (Å²) in [4.78, 5) is 9.40. The Hall–Kier alpha value is -14.7. The fraction of sp³-hybridized carbons (Fsp3) is 0. The minimum absolute atomic E-state index is 1.09. The summed E-state index contributed by atoms with van der Waals surface area (Å²) >= 11 is 0. The van der Waals surface area contributed by atoms with Crippen molar-refractivity contribution in [1.82, 2.24) is 9.13 Å². The first-order valence-corrected chi connectivity index (χ1v) is 37.5. The first-order chi connectivity index (χ1) is 54.6. The first-order valence-electron chi connectivity index (χ1n) is 37.5. The number of aromatic nitrogens is 2. The summed E-state index contributed by atoms with van der Waals surface area (Å²) < 4.78 is 4.73. The van der Waals surface area contributed by atoms with E-state index in [1.807, 2.05) is 0 Å². The number of hydrogen-bond acceptors (Lipinski definition) is 4. The second-order valence-electron chi connectivity index (χ2n) is 27.6. The third-order valence-electron chi connectivity index (χ3n) is 21.1. The van der Waals surface area contributed by atoms with Gasteiger partial charge >= 0.3 is 0 Å². The van der Waals surface area contributed by atoms with E-state index in [1.54, 1.807) is 0 Å². The molecule has 0 radical (unpaired) electrons. The maximum atomic E-state index is 2.37. The molecule has 0 fully saturated rings. The monoisotopic (exact) mass is 1410 g/mol. The summed E-state index contributed by atoms with van der Waals surface area (Å²) in [5.74, 6) is 0. The maximum absolute atomic E-state index is 2.37. The highest BCUT2D eigenvalue weighted by atomic mass is 15.2. The third-order valence-corrected chi connectivity index (χ3v) is 21.1. The Bertz CT molecular complexity index is 6190. The molecule has 0 unspecified atom stereocenters. The standard InChI is InChI=1S/C60H42N4.C44H32N2/c1-5-17-45(18-6-1)61(51-37-39-59-55(41-51)53-25-13-15-27-57(53)63(59)47-21-9-3-10-22-47)49-33-29-43(30-34-49)44-31-35-50(36-32-44)62(46-19-7-2-8-20-46)52-38-40-60-56(42-52)54-26-14-16-28-58(54)64(60)48-23-11-4-12-24-48;1-3-17-37(18-4-1)45(43-23-11-15-35-13-7-9-21-41(35)43)39-29-25-33(26-30-39)34-27-31-40(32-28-34)46(38-19-5-2-6-20-38)44-24-12-16-36-14-8-10-22-42(36)44/h1-42H;1-32H. The molecular weight excluding hydrogens is 1330 g/mol. The molecule has 0 amide bonds. The fourth-order valence-electron chi connectivity index (χ4n) is 16.0. The van der Waals surface area contributed by atoms with E-state index in [2.05, 4.69) is 478 Å². The molecule has 6 nitrogen and oxygen atoms in total. The van der Waals surface area contributed by atoms with Crippen LogP contribution < -0.4 is 19.6 Å². The number of anilines is 12. The topological polar surface area (TPSA) is 22.8 Å². The summed E-state index contributed by atoms with van der Waals surface area (Å²) in [5, 5.41) is 9.81. The van der Waals surface area contributed by atoms with E-state index in [0.717, 1.165) is 90.8 Å². The van der Waals surface area contributed by atoms with E-state index in [9.17, 15) is 0 Å². The molecule has 0 saturated heterocycles. The average molecular weight is 1410 g/mol. The molecular formula is C104H74N6. The van der Waals surface area contributed by atoms with Crippen LogP contribution in [0.4, 0.5) is 68.2 Å². The largest absolute Gasteiger partial charge is 0.310 e. The van der Waals surface area contributed by atoms with Crippen LogP contribution in [0.3, 0.4) is 0 Å². The zero-order chi connectivity index (χ0) is 73.1. The first kappa shape index (κ1) is 66.0. The quantitative estimate of drug-likeness (QED) is 0.0962. The molecule has 2 heterocycles. The van der Waals surface area contributed by atoms with Gasteiger partial charge in [0.2, 0.25) is 0 Å². The predicted octanol–water partition coefficient (Wildman–Crippen LogP) is 29.1. The summed E-state index contributed by atoms with van der Waals surface area (Å²) in [5.41, 5.74) is 25.2. The zero-order valence-corrected chi connectivity index (χ0v) is 60.4. The minimum Gasteiger partial charge on any atom is -0.310 e. The molecule has 0 bridgehead atoms. The lowest BCUT2D eigenvalue weighted by Crippen LogP contribution is -2.10. The van der Waals surface area contributed by atoms with Gasteiger partial charge in [-0.25, -0.2) is 0 Å². The van der Waals surface area contributed by atoms with Crippen LogP contribution in [-0.4, -0.2) is 9.13 Å². The van der Waals surface area contributed by atoms with E-state index in [-0.39, 0.29) is 0 Å². The van der Waals surface area contributed by atoms with Gasteiger partial charge in [0, 0.05) is 101 Å². The highest BCUT2D eigenvalue weighted by Gasteiger charge is 2.23. The van der Waals surface area contributed by atoms with Gasteiger partial charge in [-0.15, -0.1) is 0 Å². The molecule has 6 heteroatoms. The van der Waals surface area contributed by atoms with Crippen molar-refractivity contribution in [3.63, 3.8) is 0 Å². The Morgan fingerprint density at radius 2 is 0.382 bits per heavy atom. The second-order valence-corrected chi connectivity index (χ2v) is 27.6. The van der Waals surface area contributed by atoms with Gasteiger partial charge in [0.25, 0.3) is 0 Å². The molecule has 0 N–H and O–H groups in total. The molecule has 0 aliphatic rings. The molecule has 20 aromatic rings. The molecule has 18 aromatic carbocycles. The third kappa shape index (κ3) is 12.6.